The number of imidazole rings is 1. The number of rotatable bonds is 9. The predicted molar refractivity (Wildman–Crippen MR) is 124 cm³/mol. The van der Waals surface area contributed by atoms with Crippen LogP contribution in [-0.4, -0.2) is 45.3 Å². The zero-order valence-corrected chi connectivity index (χ0v) is 18.7. The van der Waals surface area contributed by atoms with Crippen molar-refractivity contribution in [3.8, 4) is 11.1 Å². The Morgan fingerprint density at radius 1 is 1.09 bits per heavy atom. The molecule has 3 N–H and O–H groups in total. The summed E-state index contributed by atoms with van der Waals surface area (Å²) in [5, 5.41) is 14.3. The molecule has 0 saturated carbocycles. The predicted octanol–water partition coefficient (Wildman–Crippen LogP) is 2.81. The lowest BCUT2D eigenvalue weighted by molar-refractivity contribution is -0.137. The molecule has 1 heterocycles. The Bertz CT molecular complexity index is 1160. The molecule has 1 aliphatic rings. The molecule has 0 bridgehead atoms. The van der Waals surface area contributed by atoms with Gasteiger partial charge in [-0.2, -0.15) is 0 Å². The van der Waals surface area contributed by atoms with E-state index in [0.717, 1.165) is 22.3 Å². The van der Waals surface area contributed by atoms with Crippen LogP contribution in [0.5, 0.6) is 0 Å². The quantitative estimate of drug-likeness (QED) is 0.449. The number of carbonyl (C=O) groups is 3. The number of carboxylic acids is 1. The van der Waals surface area contributed by atoms with E-state index in [-0.39, 0.29) is 31.9 Å². The minimum Gasteiger partial charge on any atom is -0.481 e. The molecule has 0 radical (unpaired) electrons. The largest absolute Gasteiger partial charge is 0.481 e. The van der Waals surface area contributed by atoms with Gasteiger partial charge in [-0.3, -0.25) is 9.59 Å². The summed E-state index contributed by atoms with van der Waals surface area (Å²) >= 11 is 0. The van der Waals surface area contributed by atoms with Crippen LogP contribution in [0.4, 0.5) is 4.79 Å². The number of hydrogen-bond donors (Lipinski definition) is 3. The molecule has 4 rings (SSSR count). The van der Waals surface area contributed by atoms with Crippen LogP contribution in [0.1, 0.15) is 35.7 Å². The highest BCUT2D eigenvalue weighted by atomic mass is 16.5. The highest BCUT2D eigenvalue weighted by Crippen LogP contribution is 2.44. The maximum absolute atomic E-state index is 12.7. The Morgan fingerprint density at radius 2 is 1.74 bits per heavy atom. The van der Waals surface area contributed by atoms with Gasteiger partial charge in [0.2, 0.25) is 5.91 Å². The van der Waals surface area contributed by atoms with E-state index in [0.29, 0.717) is 5.82 Å². The fourth-order valence-corrected chi connectivity index (χ4v) is 4.18. The third-order valence-corrected chi connectivity index (χ3v) is 5.94. The van der Waals surface area contributed by atoms with Crippen LogP contribution in [0.25, 0.3) is 11.1 Å². The van der Waals surface area contributed by atoms with Gasteiger partial charge in [-0.15, -0.1) is 0 Å². The van der Waals surface area contributed by atoms with Crippen molar-refractivity contribution in [3.05, 3.63) is 77.9 Å². The molecule has 2 aromatic carbocycles. The molecule has 34 heavy (non-hydrogen) atoms. The molecule has 0 aliphatic heterocycles. The topological polar surface area (TPSA) is 123 Å². The van der Waals surface area contributed by atoms with Gasteiger partial charge in [-0.25, -0.2) is 9.78 Å². The van der Waals surface area contributed by atoms with Gasteiger partial charge < -0.3 is 25.0 Å². The van der Waals surface area contributed by atoms with Gasteiger partial charge in [0.25, 0.3) is 0 Å². The number of nitrogens with zero attached hydrogens (tertiary/aromatic N) is 2. The molecule has 9 nitrogen and oxygen atoms in total. The van der Waals surface area contributed by atoms with Gasteiger partial charge in [0.1, 0.15) is 18.5 Å². The Morgan fingerprint density at radius 3 is 2.32 bits per heavy atom. The number of benzene rings is 2. The number of fused-ring (bicyclic) bond motifs is 3. The van der Waals surface area contributed by atoms with Crippen LogP contribution < -0.4 is 10.6 Å². The van der Waals surface area contributed by atoms with Crippen molar-refractivity contribution in [1.82, 2.24) is 20.2 Å². The first-order valence-corrected chi connectivity index (χ1v) is 11.0. The Kier molecular flexibility index (Phi) is 6.91. The molecule has 1 aliphatic carbocycles. The van der Waals surface area contributed by atoms with Gasteiger partial charge in [-0.05, 0) is 28.7 Å². The molecule has 0 saturated heterocycles. The average molecular weight is 463 g/mol. The maximum atomic E-state index is 12.7. The molecule has 2 amide bonds. The summed E-state index contributed by atoms with van der Waals surface area (Å²) in [4.78, 5) is 40.4. The van der Waals surface area contributed by atoms with Gasteiger partial charge in [0.15, 0.2) is 0 Å². The Balaban J connectivity index is 1.39. The summed E-state index contributed by atoms with van der Waals surface area (Å²) in [6.45, 7) is 0.249. The zero-order chi connectivity index (χ0) is 24.1. The summed E-state index contributed by atoms with van der Waals surface area (Å²) in [7, 11) is 1.80. The van der Waals surface area contributed by atoms with E-state index in [1.54, 1.807) is 24.0 Å². The van der Waals surface area contributed by atoms with Crippen molar-refractivity contribution >= 4 is 18.0 Å². The van der Waals surface area contributed by atoms with Gasteiger partial charge in [0, 0.05) is 31.8 Å². The van der Waals surface area contributed by atoms with Crippen LogP contribution in [0.15, 0.2) is 60.9 Å². The first-order valence-electron chi connectivity index (χ1n) is 11.0. The van der Waals surface area contributed by atoms with E-state index in [1.807, 2.05) is 48.5 Å². The van der Waals surface area contributed by atoms with Crippen LogP contribution >= 0.6 is 0 Å². The zero-order valence-electron chi connectivity index (χ0n) is 18.7. The van der Waals surface area contributed by atoms with Crippen molar-refractivity contribution in [2.75, 3.05) is 6.61 Å². The second kappa shape index (κ2) is 10.2. The lowest BCUT2D eigenvalue weighted by atomic mass is 9.98. The fraction of sp³-hybridized carbons (Fsp3) is 0.280. The molecule has 1 aromatic heterocycles. The van der Waals surface area contributed by atoms with Crippen molar-refractivity contribution in [3.63, 3.8) is 0 Å². The van der Waals surface area contributed by atoms with E-state index in [9.17, 15) is 14.4 Å². The lowest BCUT2D eigenvalue weighted by Crippen LogP contribution is -2.47. The van der Waals surface area contributed by atoms with Crippen molar-refractivity contribution in [2.45, 2.75) is 31.3 Å². The maximum Gasteiger partial charge on any atom is 0.407 e. The van der Waals surface area contributed by atoms with Crippen molar-refractivity contribution in [1.29, 1.82) is 0 Å². The molecule has 0 fully saturated rings. The van der Waals surface area contributed by atoms with Crippen molar-refractivity contribution < 1.29 is 24.2 Å². The second-order valence-corrected chi connectivity index (χ2v) is 8.13. The lowest BCUT2D eigenvalue weighted by Gasteiger charge is -2.19. The first-order chi connectivity index (χ1) is 16.4. The summed E-state index contributed by atoms with van der Waals surface area (Å²) in [5.74, 6) is -1.05. The number of aliphatic carboxylic acids is 1. The van der Waals surface area contributed by atoms with Gasteiger partial charge in [0.05, 0.1) is 6.54 Å². The van der Waals surface area contributed by atoms with Crippen LogP contribution in [0.3, 0.4) is 0 Å². The number of amides is 2. The summed E-state index contributed by atoms with van der Waals surface area (Å²) in [6, 6.07) is 14.9. The van der Waals surface area contributed by atoms with Crippen LogP contribution in [0.2, 0.25) is 0 Å². The van der Waals surface area contributed by atoms with E-state index < -0.39 is 24.0 Å². The third kappa shape index (κ3) is 5.09. The number of aromatic nitrogens is 2. The third-order valence-electron chi connectivity index (χ3n) is 5.94. The van der Waals surface area contributed by atoms with E-state index in [1.165, 1.54) is 0 Å². The molecule has 9 heteroatoms. The molecular formula is C25H26N4O5. The molecule has 176 valence electrons. The van der Waals surface area contributed by atoms with E-state index >= 15 is 0 Å². The summed E-state index contributed by atoms with van der Waals surface area (Å²) in [6.07, 6.45) is 2.25. The molecule has 0 spiro atoms. The highest BCUT2D eigenvalue weighted by molar-refractivity contribution is 5.86. The number of ether oxygens (including phenoxy) is 1. The van der Waals surface area contributed by atoms with Crippen molar-refractivity contribution in [2.24, 2.45) is 7.05 Å². The van der Waals surface area contributed by atoms with Gasteiger partial charge in [-0.1, -0.05) is 48.5 Å². The molecule has 1 unspecified atom stereocenters. The van der Waals surface area contributed by atoms with E-state index in [4.69, 9.17) is 9.84 Å². The highest BCUT2D eigenvalue weighted by Gasteiger charge is 2.30. The SMILES string of the molecule is Cn1ccnc1CNC(=O)C(CCC(=O)O)NC(=O)OCC1c2ccccc2-c2ccccc21. The number of carbonyl (C=O) groups excluding carboxylic acids is 2. The number of carboxylic acid groups (broad SMARTS) is 1. The summed E-state index contributed by atoms with van der Waals surface area (Å²) < 4.78 is 7.26. The second-order valence-electron chi connectivity index (χ2n) is 8.13. The Labute approximate surface area is 196 Å². The smallest absolute Gasteiger partial charge is 0.407 e. The minimum atomic E-state index is -1.06. The van der Waals surface area contributed by atoms with Gasteiger partial charge >= 0.3 is 12.1 Å². The fourth-order valence-electron chi connectivity index (χ4n) is 4.18. The standard InChI is InChI=1S/C25H26N4O5/c1-29-13-12-26-22(29)14-27-24(32)21(10-11-23(30)31)28-25(33)34-15-20-18-8-4-2-6-16(18)17-7-3-5-9-19(17)20/h2-9,12-13,20-21H,10-11,14-15H2,1H3,(H,27,32)(H,28,33)(H,30,31). The van der Waals surface area contributed by atoms with Crippen LogP contribution in [0, 0.1) is 0 Å². The number of nitrogens with one attached hydrogen (secondary N) is 2. The molecular weight excluding hydrogens is 436 g/mol. The minimum absolute atomic E-state index is 0.0636. The first kappa shape index (κ1) is 23.0. The number of aryl methyl sites for hydroxylation is 1. The average Bonchev–Trinajstić information content (AvgIpc) is 3.39. The number of alkyl carbamates (subject to hydrolysis) is 1. The Hall–Kier alpha value is -4.14. The summed E-state index contributed by atoms with van der Waals surface area (Å²) in [5.41, 5.74) is 4.37. The molecule has 3 aromatic rings. The van der Waals surface area contributed by atoms with E-state index in [2.05, 4.69) is 15.6 Å². The molecule has 1 atom stereocenters. The van der Waals surface area contributed by atoms with Crippen LogP contribution in [-0.2, 0) is 27.9 Å². The monoisotopic (exact) mass is 462 g/mol. The normalized spacial score (nSPS) is 13.0. The number of hydrogen-bond acceptors (Lipinski definition) is 5.